The summed E-state index contributed by atoms with van der Waals surface area (Å²) in [5.41, 5.74) is -0.219. The van der Waals surface area contributed by atoms with Crippen LogP contribution in [0.3, 0.4) is 0 Å². The van der Waals surface area contributed by atoms with Gasteiger partial charge in [0.05, 0.1) is 11.2 Å². The normalized spacial score (nSPS) is 21.9. The molecule has 3 heterocycles. The van der Waals surface area contributed by atoms with Gasteiger partial charge in [-0.05, 0) is 12.1 Å². The average molecular weight is 471 g/mol. The number of carbonyl (C=O) groups is 2. The lowest BCUT2D eigenvalue weighted by Crippen LogP contribution is -2.37. The summed E-state index contributed by atoms with van der Waals surface area (Å²) in [4.78, 5) is 53.4. The number of H-pyrrole nitrogens is 1. The third-order valence-corrected chi connectivity index (χ3v) is 5.20. The van der Waals surface area contributed by atoms with Crippen LogP contribution in [0.2, 0.25) is 0 Å². The zero-order chi connectivity index (χ0) is 24.2. The Kier molecular flexibility index (Phi) is 6.82. The molecular weight excluding hydrogens is 450 g/mol. The van der Waals surface area contributed by atoms with Crippen LogP contribution in [0.25, 0.3) is 10.9 Å². The van der Waals surface area contributed by atoms with Gasteiger partial charge in [-0.3, -0.25) is 23.9 Å². The third kappa shape index (κ3) is 5.20. The van der Waals surface area contributed by atoms with E-state index in [9.17, 15) is 29.4 Å². The molecule has 1 aliphatic rings. The van der Waals surface area contributed by atoms with Crippen molar-refractivity contribution in [2.24, 2.45) is 0 Å². The van der Waals surface area contributed by atoms with Crippen LogP contribution in [0.1, 0.15) is 18.3 Å². The lowest BCUT2D eigenvalue weighted by atomic mass is 10.1. The number of rotatable bonds is 7. The molecule has 4 rings (SSSR count). The highest BCUT2D eigenvalue weighted by molar-refractivity contribution is 5.91. The summed E-state index contributed by atoms with van der Waals surface area (Å²) >= 11 is 0. The second kappa shape index (κ2) is 9.95. The topological polar surface area (TPSA) is 170 Å². The largest absolute Gasteiger partial charge is 0.462 e. The lowest BCUT2D eigenvalue weighted by molar-refractivity contribution is -0.158. The first-order valence-electron chi connectivity index (χ1n) is 10.3. The number of carbonyl (C=O) groups excluding carboxylic acids is 2. The van der Waals surface area contributed by atoms with Gasteiger partial charge in [-0.1, -0.05) is 24.3 Å². The summed E-state index contributed by atoms with van der Waals surface area (Å²) < 4.78 is 16.4. The molecule has 0 unspecified atom stereocenters. The molecule has 1 saturated heterocycles. The quantitative estimate of drug-likeness (QED) is 0.298. The van der Waals surface area contributed by atoms with E-state index in [1.165, 1.54) is 0 Å². The second-order valence-corrected chi connectivity index (χ2v) is 7.58. The summed E-state index contributed by atoms with van der Waals surface area (Å²) in [5, 5.41) is 21.3. The van der Waals surface area contributed by atoms with Crippen LogP contribution in [0.4, 0.5) is 0 Å². The Bertz CT molecular complexity index is 1320. The molecule has 0 aliphatic carbocycles. The number of nitrogens with one attached hydrogen (secondary N) is 1. The van der Waals surface area contributed by atoms with Gasteiger partial charge in [0.15, 0.2) is 6.23 Å². The summed E-state index contributed by atoms with van der Waals surface area (Å²) in [6.45, 7) is -0.603. The minimum atomic E-state index is -1.52. The molecule has 178 valence electrons. The Labute approximate surface area is 191 Å². The molecule has 0 bridgehead atoms. The minimum Gasteiger partial charge on any atom is -0.462 e. The fourth-order valence-corrected chi connectivity index (χ4v) is 3.46. The standard InChI is InChI=1S/C22H21N3O9/c26-16-7-8-25(22(31)24-16)21-20(30)19(29)15(34-21)11-33-18(28)9-17(27)32-10-13-6-5-12-3-1-2-4-14(12)23-13/h1-8,15,19-21,29-30H,9-11H2,(H,24,26,31)/t15-,19-,20-,21-/m1/s1. The van der Waals surface area contributed by atoms with Crippen molar-refractivity contribution >= 4 is 22.8 Å². The molecule has 0 spiro atoms. The zero-order valence-corrected chi connectivity index (χ0v) is 17.7. The fraction of sp³-hybridized carbons (Fsp3) is 0.318. The Hall–Kier alpha value is -3.87. The van der Waals surface area contributed by atoms with Gasteiger partial charge in [0.1, 0.15) is 37.9 Å². The predicted molar refractivity (Wildman–Crippen MR) is 114 cm³/mol. The van der Waals surface area contributed by atoms with Crippen LogP contribution in [0, 0.1) is 0 Å². The number of benzene rings is 1. The number of aliphatic hydroxyl groups is 2. The van der Waals surface area contributed by atoms with Gasteiger partial charge in [0.25, 0.3) is 5.56 Å². The molecule has 0 amide bonds. The number of aromatic nitrogens is 3. The maximum absolute atomic E-state index is 12.0. The summed E-state index contributed by atoms with van der Waals surface area (Å²) in [6, 6.07) is 12.1. The van der Waals surface area contributed by atoms with Crippen molar-refractivity contribution < 1.29 is 34.0 Å². The zero-order valence-electron chi connectivity index (χ0n) is 17.7. The van der Waals surface area contributed by atoms with E-state index < -0.39 is 60.8 Å². The number of ether oxygens (including phenoxy) is 3. The van der Waals surface area contributed by atoms with Crippen LogP contribution in [0.5, 0.6) is 0 Å². The molecule has 0 radical (unpaired) electrons. The molecule has 2 aromatic heterocycles. The molecule has 3 N–H and O–H groups in total. The molecule has 12 heteroatoms. The molecule has 3 aromatic rings. The smallest absolute Gasteiger partial charge is 0.330 e. The lowest BCUT2D eigenvalue weighted by Gasteiger charge is -2.16. The van der Waals surface area contributed by atoms with E-state index >= 15 is 0 Å². The highest BCUT2D eigenvalue weighted by Crippen LogP contribution is 2.28. The van der Waals surface area contributed by atoms with E-state index in [1.54, 1.807) is 6.07 Å². The van der Waals surface area contributed by atoms with Crippen molar-refractivity contribution in [3.05, 3.63) is 75.2 Å². The van der Waals surface area contributed by atoms with Crippen molar-refractivity contribution in [3.63, 3.8) is 0 Å². The van der Waals surface area contributed by atoms with Crippen LogP contribution < -0.4 is 11.2 Å². The molecule has 34 heavy (non-hydrogen) atoms. The molecule has 1 aliphatic heterocycles. The maximum Gasteiger partial charge on any atom is 0.330 e. The monoisotopic (exact) mass is 471 g/mol. The minimum absolute atomic E-state index is 0.122. The second-order valence-electron chi connectivity index (χ2n) is 7.58. The highest BCUT2D eigenvalue weighted by atomic mass is 16.6. The molecule has 4 atom stereocenters. The van der Waals surface area contributed by atoms with E-state index in [1.807, 2.05) is 35.3 Å². The Morgan fingerprint density at radius 1 is 1.03 bits per heavy atom. The van der Waals surface area contributed by atoms with Crippen LogP contribution in [0.15, 0.2) is 58.3 Å². The number of esters is 2. The van der Waals surface area contributed by atoms with E-state index in [0.29, 0.717) is 5.69 Å². The van der Waals surface area contributed by atoms with Crippen LogP contribution >= 0.6 is 0 Å². The van der Waals surface area contributed by atoms with E-state index in [4.69, 9.17) is 14.2 Å². The van der Waals surface area contributed by atoms with Crippen molar-refractivity contribution in [1.82, 2.24) is 14.5 Å². The van der Waals surface area contributed by atoms with Gasteiger partial charge in [0.2, 0.25) is 0 Å². The molecule has 0 saturated carbocycles. The Morgan fingerprint density at radius 3 is 2.59 bits per heavy atom. The molecule has 12 nitrogen and oxygen atoms in total. The molecule has 1 aromatic carbocycles. The van der Waals surface area contributed by atoms with Gasteiger partial charge in [0, 0.05) is 17.6 Å². The number of pyridine rings is 1. The van der Waals surface area contributed by atoms with Gasteiger partial charge in [-0.15, -0.1) is 0 Å². The van der Waals surface area contributed by atoms with Gasteiger partial charge >= 0.3 is 17.6 Å². The van der Waals surface area contributed by atoms with Crippen molar-refractivity contribution in [1.29, 1.82) is 0 Å². The number of aliphatic hydroxyl groups excluding tert-OH is 2. The van der Waals surface area contributed by atoms with Crippen molar-refractivity contribution in [2.45, 2.75) is 37.6 Å². The number of aromatic amines is 1. The first kappa shape index (κ1) is 23.3. The van der Waals surface area contributed by atoms with Crippen LogP contribution in [-0.4, -0.2) is 61.6 Å². The number of hydrogen-bond donors (Lipinski definition) is 3. The third-order valence-electron chi connectivity index (χ3n) is 5.20. The first-order chi connectivity index (χ1) is 16.3. The first-order valence-corrected chi connectivity index (χ1v) is 10.3. The average Bonchev–Trinajstić information content (AvgIpc) is 3.10. The predicted octanol–water partition coefficient (Wildman–Crippen LogP) is -0.619. The van der Waals surface area contributed by atoms with Gasteiger partial charge in [-0.2, -0.15) is 0 Å². The van der Waals surface area contributed by atoms with Crippen molar-refractivity contribution in [2.75, 3.05) is 6.61 Å². The Balaban J connectivity index is 1.26. The number of para-hydroxylation sites is 1. The summed E-state index contributed by atoms with van der Waals surface area (Å²) in [5.74, 6) is -1.75. The Morgan fingerprint density at radius 2 is 1.79 bits per heavy atom. The molecule has 1 fully saturated rings. The van der Waals surface area contributed by atoms with E-state index in [2.05, 4.69) is 4.98 Å². The highest BCUT2D eigenvalue weighted by Gasteiger charge is 2.44. The van der Waals surface area contributed by atoms with E-state index in [0.717, 1.165) is 27.7 Å². The summed E-state index contributed by atoms with van der Waals surface area (Å²) in [7, 11) is 0. The van der Waals surface area contributed by atoms with E-state index in [-0.39, 0.29) is 6.61 Å². The molecular formula is C22H21N3O9. The fourth-order valence-electron chi connectivity index (χ4n) is 3.46. The number of hydrogen-bond acceptors (Lipinski definition) is 10. The summed E-state index contributed by atoms with van der Waals surface area (Å²) in [6.07, 6.45) is -5.05. The number of fused-ring (bicyclic) bond motifs is 1. The SMILES string of the molecule is O=C(CC(=O)OC[C@H]1O[C@@H](n2ccc(=O)[nH]c2=O)[C@H](O)[C@@H]1O)OCc1ccc2ccccc2n1. The van der Waals surface area contributed by atoms with Crippen molar-refractivity contribution in [3.8, 4) is 0 Å². The number of nitrogens with zero attached hydrogens (tertiary/aromatic N) is 2. The maximum atomic E-state index is 12.0. The van der Waals surface area contributed by atoms with Gasteiger partial charge < -0.3 is 24.4 Å². The van der Waals surface area contributed by atoms with Crippen LogP contribution in [-0.2, 0) is 30.4 Å². The van der Waals surface area contributed by atoms with Gasteiger partial charge in [-0.25, -0.2) is 9.78 Å².